The average Bonchev–Trinajstić information content (AvgIpc) is 2.58. The first-order valence-corrected chi connectivity index (χ1v) is 8.59. The predicted molar refractivity (Wildman–Crippen MR) is 99.2 cm³/mol. The zero-order chi connectivity index (χ0) is 17.6. The fourth-order valence-corrected chi connectivity index (χ4v) is 3.17. The van der Waals surface area contributed by atoms with Crippen LogP contribution in [0.5, 0.6) is 0 Å². The number of carbonyl (C=O) groups excluding carboxylic acids is 1. The van der Waals surface area contributed by atoms with Crippen molar-refractivity contribution in [1.82, 2.24) is 0 Å². The molecule has 0 saturated heterocycles. The largest absolute Gasteiger partial charge is 0.364 e. The van der Waals surface area contributed by atoms with Crippen LogP contribution in [-0.2, 0) is 21.6 Å². The molecule has 2 aromatic rings. The standard InChI is InChI=1S/C21H27NO2/c1-5-10-17-12-9-13-18(15-17)22-20(23)21(6-2,24-4)19-14-8-7-11-16(19)3/h7-9,11-15H,5-6,10H2,1-4H3,(H,22,23). The van der Waals surface area contributed by atoms with E-state index in [1.807, 2.05) is 56.3 Å². The highest BCUT2D eigenvalue weighted by Crippen LogP contribution is 2.33. The predicted octanol–water partition coefficient (Wildman–Crippen LogP) is 4.84. The van der Waals surface area contributed by atoms with Crippen LogP contribution in [0.2, 0.25) is 0 Å². The third-order valence-electron chi connectivity index (χ3n) is 4.52. The second-order valence-electron chi connectivity index (χ2n) is 6.10. The van der Waals surface area contributed by atoms with Gasteiger partial charge < -0.3 is 10.1 Å². The van der Waals surface area contributed by atoms with Crippen molar-refractivity contribution in [3.63, 3.8) is 0 Å². The third kappa shape index (κ3) is 3.68. The van der Waals surface area contributed by atoms with Crippen molar-refractivity contribution in [3.05, 3.63) is 65.2 Å². The summed E-state index contributed by atoms with van der Waals surface area (Å²) in [5, 5.41) is 3.05. The molecule has 0 saturated carbocycles. The highest BCUT2D eigenvalue weighted by molar-refractivity contribution is 5.98. The lowest BCUT2D eigenvalue weighted by Crippen LogP contribution is -2.42. The van der Waals surface area contributed by atoms with Gasteiger partial charge in [-0.05, 0) is 48.6 Å². The van der Waals surface area contributed by atoms with Gasteiger partial charge >= 0.3 is 0 Å². The molecule has 1 amide bonds. The van der Waals surface area contributed by atoms with Crippen LogP contribution in [0.1, 0.15) is 43.4 Å². The highest BCUT2D eigenvalue weighted by atomic mass is 16.5. The molecule has 24 heavy (non-hydrogen) atoms. The van der Waals surface area contributed by atoms with E-state index in [4.69, 9.17) is 4.74 Å². The summed E-state index contributed by atoms with van der Waals surface area (Å²) in [5.41, 5.74) is 3.03. The second kappa shape index (κ2) is 8.11. The van der Waals surface area contributed by atoms with Crippen molar-refractivity contribution >= 4 is 11.6 Å². The Balaban J connectivity index is 2.33. The number of anilines is 1. The van der Waals surface area contributed by atoms with Gasteiger partial charge in [-0.2, -0.15) is 0 Å². The first-order valence-electron chi connectivity index (χ1n) is 8.59. The van der Waals surface area contributed by atoms with Crippen molar-refractivity contribution < 1.29 is 9.53 Å². The van der Waals surface area contributed by atoms with E-state index in [1.165, 1.54) is 5.56 Å². The van der Waals surface area contributed by atoms with Gasteiger partial charge in [-0.3, -0.25) is 4.79 Å². The van der Waals surface area contributed by atoms with Gasteiger partial charge in [0.1, 0.15) is 0 Å². The van der Waals surface area contributed by atoms with Gasteiger partial charge in [-0.25, -0.2) is 0 Å². The monoisotopic (exact) mass is 325 g/mol. The van der Waals surface area contributed by atoms with Gasteiger partial charge in [0.05, 0.1) is 0 Å². The maximum Gasteiger partial charge on any atom is 0.261 e. The quantitative estimate of drug-likeness (QED) is 0.791. The number of nitrogens with one attached hydrogen (secondary N) is 1. The molecule has 0 aliphatic carbocycles. The Kier molecular flexibility index (Phi) is 6.16. The Bertz CT molecular complexity index is 690. The van der Waals surface area contributed by atoms with Crippen molar-refractivity contribution in [2.75, 3.05) is 12.4 Å². The topological polar surface area (TPSA) is 38.3 Å². The molecule has 3 heteroatoms. The molecule has 1 N–H and O–H groups in total. The van der Waals surface area contributed by atoms with E-state index in [1.54, 1.807) is 7.11 Å². The van der Waals surface area contributed by atoms with Crippen LogP contribution >= 0.6 is 0 Å². The maximum atomic E-state index is 13.1. The van der Waals surface area contributed by atoms with Gasteiger partial charge in [0.15, 0.2) is 5.60 Å². The summed E-state index contributed by atoms with van der Waals surface area (Å²) in [4.78, 5) is 13.1. The van der Waals surface area contributed by atoms with E-state index in [2.05, 4.69) is 18.3 Å². The van der Waals surface area contributed by atoms with Gasteiger partial charge in [-0.15, -0.1) is 0 Å². The fourth-order valence-electron chi connectivity index (χ4n) is 3.17. The van der Waals surface area contributed by atoms with Gasteiger partial charge in [0.2, 0.25) is 0 Å². The molecule has 0 bridgehead atoms. The summed E-state index contributed by atoms with van der Waals surface area (Å²) < 4.78 is 5.75. The number of hydrogen-bond donors (Lipinski definition) is 1. The molecular weight excluding hydrogens is 298 g/mol. The van der Waals surface area contributed by atoms with Crippen molar-refractivity contribution in [1.29, 1.82) is 0 Å². The van der Waals surface area contributed by atoms with E-state index < -0.39 is 5.60 Å². The minimum atomic E-state index is -0.980. The number of aryl methyl sites for hydroxylation is 2. The van der Waals surface area contributed by atoms with Crippen molar-refractivity contribution in [2.24, 2.45) is 0 Å². The Morgan fingerprint density at radius 2 is 1.88 bits per heavy atom. The molecular formula is C21H27NO2. The zero-order valence-corrected chi connectivity index (χ0v) is 15.1. The number of ether oxygens (including phenoxy) is 1. The third-order valence-corrected chi connectivity index (χ3v) is 4.52. The van der Waals surface area contributed by atoms with E-state index in [0.29, 0.717) is 6.42 Å². The fraction of sp³-hybridized carbons (Fsp3) is 0.381. The molecule has 128 valence electrons. The smallest absolute Gasteiger partial charge is 0.261 e. The number of rotatable bonds is 7. The van der Waals surface area contributed by atoms with Crippen LogP contribution in [0.15, 0.2) is 48.5 Å². The van der Waals surface area contributed by atoms with Crippen molar-refractivity contribution in [2.45, 2.75) is 45.6 Å². The van der Waals surface area contributed by atoms with Gasteiger partial charge in [0, 0.05) is 12.8 Å². The van der Waals surface area contributed by atoms with E-state index in [9.17, 15) is 4.79 Å². The number of amides is 1. The lowest BCUT2D eigenvalue weighted by Gasteiger charge is -2.31. The Morgan fingerprint density at radius 1 is 1.12 bits per heavy atom. The number of benzene rings is 2. The molecule has 1 atom stereocenters. The summed E-state index contributed by atoms with van der Waals surface area (Å²) in [6.07, 6.45) is 2.65. The SMILES string of the molecule is CCCc1cccc(NC(=O)C(CC)(OC)c2ccccc2C)c1. The maximum absolute atomic E-state index is 13.1. The van der Waals surface area contributed by atoms with Crippen LogP contribution in [-0.4, -0.2) is 13.0 Å². The Labute approximate surface area is 145 Å². The second-order valence-corrected chi connectivity index (χ2v) is 6.10. The molecule has 2 aromatic carbocycles. The van der Waals surface area contributed by atoms with Crippen LogP contribution < -0.4 is 5.32 Å². The first kappa shape index (κ1) is 18.2. The summed E-state index contributed by atoms with van der Waals surface area (Å²) in [6, 6.07) is 15.9. The number of methoxy groups -OCH3 is 1. The van der Waals surface area contributed by atoms with Crippen molar-refractivity contribution in [3.8, 4) is 0 Å². The summed E-state index contributed by atoms with van der Waals surface area (Å²) >= 11 is 0. The molecule has 0 heterocycles. The molecule has 0 aromatic heterocycles. The van der Waals surface area contributed by atoms with Crippen LogP contribution in [0, 0.1) is 6.92 Å². The Morgan fingerprint density at radius 3 is 2.50 bits per heavy atom. The van der Waals surface area contributed by atoms with E-state index in [0.717, 1.165) is 29.7 Å². The lowest BCUT2D eigenvalue weighted by molar-refractivity contribution is -0.139. The van der Waals surface area contributed by atoms with E-state index in [-0.39, 0.29) is 5.91 Å². The number of carbonyl (C=O) groups is 1. The molecule has 1 unspecified atom stereocenters. The molecule has 3 nitrogen and oxygen atoms in total. The summed E-state index contributed by atoms with van der Waals surface area (Å²) in [5.74, 6) is -0.129. The van der Waals surface area contributed by atoms with Gasteiger partial charge in [-0.1, -0.05) is 56.7 Å². The molecule has 0 fully saturated rings. The minimum absolute atomic E-state index is 0.129. The molecule has 0 spiro atoms. The summed E-state index contributed by atoms with van der Waals surface area (Å²) in [7, 11) is 1.60. The molecule has 0 radical (unpaired) electrons. The van der Waals surface area contributed by atoms with E-state index >= 15 is 0 Å². The van der Waals surface area contributed by atoms with Crippen LogP contribution in [0.25, 0.3) is 0 Å². The summed E-state index contributed by atoms with van der Waals surface area (Å²) in [6.45, 7) is 6.13. The highest BCUT2D eigenvalue weighted by Gasteiger charge is 2.39. The average molecular weight is 325 g/mol. The van der Waals surface area contributed by atoms with Crippen LogP contribution in [0.3, 0.4) is 0 Å². The normalized spacial score (nSPS) is 13.3. The molecule has 0 aliphatic heterocycles. The molecule has 2 rings (SSSR count). The zero-order valence-electron chi connectivity index (χ0n) is 15.1. The lowest BCUT2D eigenvalue weighted by atomic mass is 9.86. The Hall–Kier alpha value is -2.13. The number of hydrogen-bond acceptors (Lipinski definition) is 2. The minimum Gasteiger partial charge on any atom is -0.364 e. The van der Waals surface area contributed by atoms with Gasteiger partial charge in [0.25, 0.3) is 5.91 Å². The van der Waals surface area contributed by atoms with Crippen LogP contribution in [0.4, 0.5) is 5.69 Å². The molecule has 0 aliphatic rings. The first-order chi connectivity index (χ1) is 11.6.